The van der Waals surface area contributed by atoms with Crippen molar-refractivity contribution in [3.63, 3.8) is 0 Å². The molecule has 1 aromatic rings. The van der Waals surface area contributed by atoms with Gasteiger partial charge in [-0.25, -0.2) is 4.79 Å². The van der Waals surface area contributed by atoms with Gasteiger partial charge in [0.25, 0.3) is 5.56 Å². The van der Waals surface area contributed by atoms with Crippen molar-refractivity contribution in [3.8, 4) is 0 Å². The molecule has 0 radical (unpaired) electrons. The molecule has 0 spiro atoms. The molecule has 0 aliphatic heterocycles. The maximum absolute atomic E-state index is 11.8. The molecule has 0 saturated carbocycles. The van der Waals surface area contributed by atoms with Gasteiger partial charge in [-0.2, -0.15) is 0 Å². The fourth-order valence-corrected chi connectivity index (χ4v) is 1.65. The lowest BCUT2D eigenvalue weighted by atomic mass is 10.3. The van der Waals surface area contributed by atoms with Crippen LogP contribution in [0.15, 0.2) is 15.8 Å². The molecule has 19 heavy (non-hydrogen) atoms. The lowest BCUT2D eigenvalue weighted by Gasteiger charge is -2.11. The van der Waals surface area contributed by atoms with E-state index in [1.165, 1.54) is 22.7 Å². The smallest absolute Gasteiger partial charge is 0.330 e. The zero-order chi connectivity index (χ0) is 14.6. The quantitative estimate of drug-likeness (QED) is 0.670. The normalized spacial score (nSPS) is 10.5. The first-order chi connectivity index (χ1) is 8.84. The first-order valence-corrected chi connectivity index (χ1v) is 6.01. The lowest BCUT2D eigenvalue weighted by Crippen LogP contribution is -2.39. The van der Waals surface area contributed by atoms with Crippen molar-refractivity contribution >= 4 is 5.91 Å². The van der Waals surface area contributed by atoms with Gasteiger partial charge in [0, 0.05) is 59.5 Å². The van der Waals surface area contributed by atoms with Crippen LogP contribution in [0.25, 0.3) is 0 Å². The Balaban J connectivity index is 2.63. The number of hydrogen-bond acceptors (Lipinski definition) is 4. The zero-order valence-electron chi connectivity index (χ0n) is 11.8. The Morgan fingerprint density at radius 1 is 1.32 bits per heavy atom. The second-order valence-corrected chi connectivity index (χ2v) is 4.63. The highest BCUT2D eigenvalue weighted by molar-refractivity contribution is 5.75. The Morgan fingerprint density at radius 2 is 1.95 bits per heavy atom. The van der Waals surface area contributed by atoms with Gasteiger partial charge in [0.15, 0.2) is 0 Å². The summed E-state index contributed by atoms with van der Waals surface area (Å²) in [5.74, 6) is 0.0286. The molecule has 7 nitrogen and oxygen atoms in total. The topological polar surface area (TPSA) is 76.3 Å². The molecule has 1 heterocycles. The van der Waals surface area contributed by atoms with E-state index in [0.29, 0.717) is 25.1 Å². The average molecular weight is 268 g/mol. The molecule has 0 aliphatic rings. The summed E-state index contributed by atoms with van der Waals surface area (Å²) < 4.78 is 2.44. The minimum Gasteiger partial charge on any atom is -0.349 e. The van der Waals surface area contributed by atoms with E-state index >= 15 is 0 Å². The summed E-state index contributed by atoms with van der Waals surface area (Å²) in [6.07, 6.45) is 1.89. The van der Waals surface area contributed by atoms with Crippen LogP contribution in [0.5, 0.6) is 0 Å². The van der Waals surface area contributed by atoms with Gasteiger partial charge in [-0.3, -0.25) is 14.2 Å². The van der Waals surface area contributed by atoms with E-state index in [9.17, 15) is 14.4 Å². The SMILES string of the molecule is CN(C)C(=O)CCNCc1cn(C)c(=O)n(C)c1=O. The van der Waals surface area contributed by atoms with Crippen LogP contribution in [-0.4, -0.2) is 40.6 Å². The predicted molar refractivity (Wildman–Crippen MR) is 71.9 cm³/mol. The van der Waals surface area contributed by atoms with Gasteiger partial charge in [-0.15, -0.1) is 0 Å². The van der Waals surface area contributed by atoms with Gasteiger partial charge < -0.3 is 14.8 Å². The Hall–Kier alpha value is -1.89. The van der Waals surface area contributed by atoms with Crippen LogP contribution in [0.1, 0.15) is 12.0 Å². The third-order valence-electron chi connectivity index (χ3n) is 2.85. The predicted octanol–water partition coefficient (Wildman–Crippen LogP) is -1.35. The number of nitrogens with zero attached hydrogens (tertiary/aromatic N) is 3. The molecular weight excluding hydrogens is 248 g/mol. The van der Waals surface area contributed by atoms with E-state index < -0.39 is 0 Å². The summed E-state index contributed by atoms with van der Waals surface area (Å²) in [5, 5.41) is 3.03. The van der Waals surface area contributed by atoms with Gasteiger partial charge in [0.05, 0.1) is 0 Å². The Kier molecular flexibility index (Phi) is 5.05. The number of carbonyl (C=O) groups is 1. The highest BCUT2D eigenvalue weighted by Gasteiger charge is 2.07. The van der Waals surface area contributed by atoms with Crippen LogP contribution in [0.4, 0.5) is 0 Å². The van der Waals surface area contributed by atoms with Gasteiger partial charge in [-0.05, 0) is 0 Å². The molecule has 0 atom stereocenters. The molecule has 1 rings (SSSR count). The summed E-state index contributed by atoms with van der Waals surface area (Å²) in [7, 11) is 6.45. The van der Waals surface area contributed by atoms with Crippen LogP contribution in [0.2, 0.25) is 0 Å². The van der Waals surface area contributed by atoms with Crippen molar-refractivity contribution in [2.45, 2.75) is 13.0 Å². The van der Waals surface area contributed by atoms with Gasteiger partial charge in [0.2, 0.25) is 5.91 Å². The first kappa shape index (κ1) is 15.2. The van der Waals surface area contributed by atoms with E-state index in [0.717, 1.165) is 4.57 Å². The lowest BCUT2D eigenvalue weighted by molar-refractivity contribution is -0.128. The number of amides is 1. The number of aryl methyl sites for hydroxylation is 1. The Morgan fingerprint density at radius 3 is 2.53 bits per heavy atom. The number of hydrogen-bond donors (Lipinski definition) is 1. The number of aromatic nitrogens is 2. The molecule has 1 aromatic heterocycles. The third kappa shape index (κ3) is 3.78. The van der Waals surface area contributed by atoms with Crippen LogP contribution < -0.4 is 16.6 Å². The molecule has 0 bridgehead atoms. The third-order valence-corrected chi connectivity index (χ3v) is 2.85. The highest BCUT2D eigenvalue weighted by Crippen LogP contribution is 1.89. The molecular formula is C12H20N4O3. The highest BCUT2D eigenvalue weighted by atomic mass is 16.2. The molecule has 1 N–H and O–H groups in total. The summed E-state index contributed by atoms with van der Waals surface area (Å²) in [6.45, 7) is 0.824. The fourth-order valence-electron chi connectivity index (χ4n) is 1.65. The summed E-state index contributed by atoms with van der Waals surface area (Å²) in [4.78, 5) is 36.2. The molecule has 0 unspecified atom stereocenters. The van der Waals surface area contributed by atoms with Crippen molar-refractivity contribution in [1.29, 1.82) is 0 Å². The fraction of sp³-hybridized carbons (Fsp3) is 0.583. The summed E-state index contributed by atoms with van der Waals surface area (Å²) >= 11 is 0. The number of rotatable bonds is 5. The van der Waals surface area contributed by atoms with Crippen LogP contribution in [0.3, 0.4) is 0 Å². The molecule has 0 fully saturated rings. The van der Waals surface area contributed by atoms with Gasteiger partial charge in [-0.1, -0.05) is 0 Å². The second kappa shape index (κ2) is 6.33. The maximum atomic E-state index is 11.8. The molecule has 106 valence electrons. The molecule has 0 aromatic carbocycles. The Labute approximate surface area is 111 Å². The van der Waals surface area contributed by atoms with Crippen molar-refractivity contribution in [1.82, 2.24) is 19.4 Å². The largest absolute Gasteiger partial charge is 0.349 e. The van der Waals surface area contributed by atoms with Gasteiger partial charge in [0.1, 0.15) is 0 Å². The molecule has 1 amide bonds. The monoisotopic (exact) mass is 268 g/mol. The summed E-state index contributed by atoms with van der Waals surface area (Å²) in [6, 6.07) is 0. The molecule has 0 aliphatic carbocycles. The van der Waals surface area contributed by atoms with Crippen molar-refractivity contribution < 1.29 is 4.79 Å². The average Bonchev–Trinajstić information content (AvgIpc) is 2.37. The van der Waals surface area contributed by atoms with E-state index in [1.54, 1.807) is 21.1 Å². The van der Waals surface area contributed by atoms with Crippen molar-refractivity contribution in [2.75, 3.05) is 20.6 Å². The van der Waals surface area contributed by atoms with Crippen LogP contribution in [-0.2, 0) is 25.4 Å². The van der Waals surface area contributed by atoms with Crippen molar-refractivity contribution in [2.24, 2.45) is 14.1 Å². The van der Waals surface area contributed by atoms with E-state index in [4.69, 9.17) is 0 Å². The van der Waals surface area contributed by atoms with Crippen LogP contribution >= 0.6 is 0 Å². The zero-order valence-corrected chi connectivity index (χ0v) is 11.8. The maximum Gasteiger partial charge on any atom is 0.330 e. The molecule has 0 saturated heterocycles. The summed E-state index contributed by atoms with van der Waals surface area (Å²) in [5.41, 5.74) is -0.159. The minimum absolute atomic E-state index is 0.0286. The first-order valence-electron chi connectivity index (χ1n) is 6.01. The van der Waals surface area contributed by atoms with E-state index in [2.05, 4.69) is 5.32 Å². The van der Waals surface area contributed by atoms with Crippen molar-refractivity contribution in [3.05, 3.63) is 32.6 Å². The second-order valence-electron chi connectivity index (χ2n) is 4.63. The van der Waals surface area contributed by atoms with E-state index in [1.807, 2.05) is 0 Å². The minimum atomic E-state index is -0.350. The Bertz CT molecular complexity index is 571. The van der Waals surface area contributed by atoms with E-state index in [-0.39, 0.29) is 17.2 Å². The number of carbonyl (C=O) groups excluding carboxylic acids is 1. The standard InChI is InChI=1S/C12H20N4O3/c1-14(2)10(17)5-6-13-7-9-8-15(3)12(19)16(4)11(9)18/h8,13H,5-7H2,1-4H3. The van der Waals surface area contributed by atoms with Crippen LogP contribution in [0, 0.1) is 0 Å². The van der Waals surface area contributed by atoms with Gasteiger partial charge >= 0.3 is 5.69 Å². The molecule has 7 heteroatoms. The number of nitrogens with one attached hydrogen (secondary N) is 1.